The number of likely N-dealkylation sites (tertiary alicyclic amines) is 1. The normalized spacial score (nSPS) is 17.0. The molecule has 2 aromatic rings. The van der Waals surface area contributed by atoms with Crippen LogP contribution in [0.1, 0.15) is 39.1 Å². The highest BCUT2D eigenvalue weighted by Crippen LogP contribution is 2.24. The monoisotopic (exact) mass is 327 g/mol. The summed E-state index contributed by atoms with van der Waals surface area (Å²) in [5, 5.41) is 8.93. The van der Waals surface area contributed by atoms with Crippen molar-refractivity contribution in [2.45, 2.75) is 25.3 Å². The largest absolute Gasteiger partial charge is 0.478 e. The van der Waals surface area contributed by atoms with E-state index in [1.54, 1.807) is 23.1 Å². The maximum Gasteiger partial charge on any atom is 0.335 e. The highest BCUT2D eigenvalue weighted by atomic mass is 19.1. The van der Waals surface area contributed by atoms with Crippen LogP contribution in [-0.4, -0.2) is 34.5 Å². The summed E-state index contributed by atoms with van der Waals surface area (Å²) in [6.45, 7) is 0.666. The average molecular weight is 327 g/mol. The van der Waals surface area contributed by atoms with Crippen LogP contribution in [0.15, 0.2) is 48.5 Å². The number of amides is 1. The quantitative estimate of drug-likeness (QED) is 0.936. The van der Waals surface area contributed by atoms with E-state index in [1.165, 1.54) is 24.3 Å². The molecule has 4 nitrogen and oxygen atoms in total. The van der Waals surface area contributed by atoms with Crippen LogP contribution in [0.5, 0.6) is 0 Å². The Morgan fingerprint density at radius 1 is 1.12 bits per heavy atom. The van der Waals surface area contributed by atoms with Gasteiger partial charge in [0.05, 0.1) is 5.56 Å². The van der Waals surface area contributed by atoms with Crippen molar-refractivity contribution in [3.63, 3.8) is 0 Å². The van der Waals surface area contributed by atoms with Gasteiger partial charge in [-0.3, -0.25) is 4.79 Å². The summed E-state index contributed by atoms with van der Waals surface area (Å²) in [7, 11) is 0. The average Bonchev–Trinajstić information content (AvgIpc) is 3.02. The standard InChI is InChI=1S/C19H18FNO3/c20-16-4-1-3-13(11-16)12-17-5-2-10-21(17)18(22)14-6-8-15(9-7-14)19(23)24/h1,3-4,6-9,11,17H,2,5,10,12H2,(H,23,24). The molecule has 1 fully saturated rings. The van der Waals surface area contributed by atoms with E-state index in [4.69, 9.17) is 5.11 Å². The van der Waals surface area contributed by atoms with Gasteiger partial charge in [0.15, 0.2) is 0 Å². The predicted octanol–water partition coefficient (Wildman–Crippen LogP) is 3.37. The number of aromatic carboxylic acids is 1. The molecule has 1 heterocycles. The minimum absolute atomic E-state index is 0.0402. The van der Waals surface area contributed by atoms with E-state index in [1.807, 2.05) is 6.07 Å². The van der Waals surface area contributed by atoms with Gasteiger partial charge in [-0.05, 0) is 61.2 Å². The molecule has 0 saturated carbocycles. The predicted molar refractivity (Wildman–Crippen MR) is 87.6 cm³/mol. The Kier molecular flexibility index (Phi) is 4.60. The van der Waals surface area contributed by atoms with E-state index < -0.39 is 5.97 Å². The maximum absolute atomic E-state index is 13.3. The number of halogens is 1. The number of nitrogens with zero attached hydrogens (tertiary/aromatic N) is 1. The molecule has 24 heavy (non-hydrogen) atoms. The lowest BCUT2D eigenvalue weighted by Gasteiger charge is -2.25. The lowest BCUT2D eigenvalue weighted by Crippen LogP contribution is -2.36. The van der Waals surface area contributed by atoms with Crippen molar-refractivity contribution in [1.29, 1.82) is 0 Å². The smallest absolute Gasteiger partial charge is 0.335 e. The van der Waals surface area contributed by atoms with Crippen LogP contribution in [-0.2, 0) is 6.42 Å². The molecule has 5 heteroatoms. The summed E-state index contributed by atoms with van der Waals surface area (Å²) in [6, 6.07) is 12.5. The van der Waals surface area contributed by atoms with Crippen LogP contribution >= 0.6 is 0 Å². The summed E-state index contributed by atoms with van der Waals surface area (Å²) in [5.41, 5.74) is 1.51. The Labute approximate surface area is 139 Å². The summed E-state index contributed by atoms with van der Waals surface area (Å²) in [4.78, 5) is 25.4. The van der Waals surface area contributed by atoms with E-state index in [2.05, 4.69) is 0 Å². The van der Waals surface area contributed by atoms with Crippen LogP contribution in [0.4, 0.5) is 4.39 Å². The van der Waals surface area contributed by atoms with Crippen LogP contribution in [0, 0.1) is 5.82 Å². The molecule has 1 saturated heterocycles. The van der Waals surface area contributed by atoms with Gasteiger partial charge < -0.3 is 10.0 Å². The van der Waals surface area contributed by atoms with Crippen molar-refractivity contribution in [3.05, 3.63) is 71.0 Å². The van der Waals surface area contributed by atoms with Crippen molar-refractivity contribution in [3.8, 4) is 0 Å². The van der Waals surface area contributed by atoms with E-state index in [-0.39, 0.29) is 23.3 Å². The molecule has 0 aromatic heterocycles. The second-order valence-electron chi connectivity index (χ2n) is 6.01. The first-order valence-corrected chi connectivity index (χ1v) is 7.93. The molecule has 124 valence electrons. The topological polar surface area (TPSA) is 57.6 Å². The zero-order valence-corrected chi connectivity index (χ0v) is 13.1. The molecule has 1 aliphatic rings. The first kappa shape index (κ1) is 16.2. The van der Waals surface area contributed by atoms with Crippen LogP contribution < -0.4 is 0 Å². The van der Waals surface area contributed by atoms with Gasteiger partial charge in [-0.25, -0.2) is 9.18 Å². The van der Waals surface area contributed by atoms with Crippen LogP contribution in [0.25, 0.3) is 0 Å². The van der Waals surface area contributed by atoms with Gasteiger partial charge >= 0.3 is 5.97 Å². The summed E-state index contributed by atoms with van der Waals surface area (Å²) < 4.78 is 13.3. The van der Waals surface area contributed by atoms with E-state index in [0.29, 0.717) is 18.5 Å². The van der Waals surface area contributed by atoms with Gasteiger partial charge in [0.25, 0.3) is 5.91 Å². The number of rotatable bonds is 4. The highest BCUT2D eigenvalue weighted by molar-refractivity contribution is 5.96. The maximum atomic E-state index is 13.3. The molecular weight excluding hydrogens is 309 g/mol. The molecule has 2 aromatic carbocycles. The van der Waals surface area contributed by atoms with E-state index in [9.17, 15) is 14.0 Å². The van der Waals surface area contributed by atoms with E-state index >= 15 is 0 Å². The molecule has 1 amide bonds. The molecule has 0 bridgehead atoms. The van der Waals surface area contributed by atoms with Crippen molar-refractivity contribution < 1.29 is 19.1 Å². The third-order valence-corrected chi connectivity index (χ3v) is 4.38. The summed E-state index contributed by atoms with van der Waals surface area (Å²) in [6.07, 6.45) is 2.42. The Hall–Kier alpha value is -2.69. The van der Waals surface area contributed by atoms with Gasteiger partial charge in [0.1, 0.15) is 5.82 Å². The van der Waals surface area contributed by atoms with Gasteiger partial charge in [0, 0.05) is 18.2 Å². The molecule has 1 atom stereocenters. The fourth-order valence-corrected chi connectivity index (χ4v) is 3.17. The van der Waals surface area contributed by atoms with Gasteiger partial charge in [-0.15, -0.1) is 0 Å². The van der Waals surface area contributed by atoms with E-state index in [0.717, 1.165) is 18.4 Å². The van der Waals surface area contributed by atoms with Crippen LogP contribution in [0.3, 0.4) is 0 Å². The number of carbonyl (C=O) groups is 2. The van der Waals surface area contributed by atoms with Crippen molar-refractivity contribution in [2.75, 3.05) is 6.54 Å². The summed E-state index contributed by atoms with van der Waals surface area (Å²) in [5.74, 6) is -1.39. The fourth-order valence-electron chi connectivity index (χ4n) is 3.17. The number of carboxylic acids is 1. The molecule has 0 radical (unpaired) electrons. The number of carbonyl (C=O) groups excluding carboxylic acids is 1. The van der Waals surface area contributed by atoms with Crippen molar-refractivity contribution in [1.82, 2.24) is 4.90 Å². The molecule has 0 aliphatic carbocycles. The third-order valence-electron chi connectivity index (χ3n) is 4.38. The zero-order valence-electron chi connectivity index (χ0n) is 13.1. The fraction of sp³-hybridized carbons (Fsp3) is 0.263. The van der Waals surface area contributed by atoms with Gasteiger partial charge in [0.2, 0.25) is 0 Å². The molecule has 1 unspecified atom stereocenters. The number of hydrogen-bond donors (Lipinski definition) is 1. The lowest BCUT2D eigenvalue weighted by atomic mass is 10.0. The number of benzene rings is 2. The second kappa shape index (κ2) is 6.83. The Morgan fingerprint density at radius 2 is 1.83 bits per heavy atom. The lowest BCUT2D eigenvalue weighted by molar-refractivity contribution is 0.0692. The van der Waals surface area contributed by atoms with Gasteiger partial charge in [-0.2, -0.15) is 0 Å². The van der Waals surface area contributed by atoms with Crippen molar-refractivity contribution >= 4 is 11.9 Å². The Morgan fingerprint density at radius 3 is 2.50 bits per heavy atom. The third kappa shape index (κ3) is 3.45. The van der Waals surface area contributed by atoms with Gasteiger partial charge in [-0.1, -0.05) is 12.1 Å². The first-order valence-electron chi connectivity index (χ1n) is 7.93. The highest BCUT2D eigenvalue weighted by Gasteiger charge is 2.29. The zero-order chi connectivity index (χ0) is 17.1. The minimum atomic E-state index is -1.01. The SMILES string of the molecule is O=C(O)c1ccc(C(=O)N2CCCC2Cc2cccc(F)c2)cc1. The van der Waals surface area contributed by atoms with Crippen LogP contribution in [0.2, 0.25) is 0 Å². The number of hydrogen-bond acceptors (Lipinski definition) is 2. The Balaban J connectivity index is 1.74. The second-order valence-corrected chi connectivity index (χ2v) is 6.01. The molecule has 1 N–H and O–H groups in total. The first-order chi connectivity index (χ1) is 11.5. The minimum Gasteiger partial charge on any atom is -0.478 e. The summed E-state index contributed by atoms with van der Waals surface area (Å²) >= 11 is 0. The number of carboxylic acid groups (broad SMARTS) is 1. The molecule has 3 rings (SSSR count). The molecule has 0 spiro atoms. The van der Waals surface area contributed by atoms with Crippen molar-refractivity contribution in [2.24, 2.45) is 0 Å². The molecular formula is C19H18FNO3. The molecule has 1 aliphatic heterocycles. The Bertz CT molecular complexity index is 757.